The summed E-state index contributed by atoms with van der Waals surface area (Å²) in [5.74, 6) is -1.13. The van der Waals surface area contributed by atoms with Crippen LogP contribution in [0.2, 0.25) is 10.0 Å². The number of anilines is 1. The summed E-state index contributed by atoms with van der Waals surface area (Å²) in [5.41, 5.74) is 1.21. The number of amides is 1. The molecule has 0 aliphatic carbocycles. The molecule has 1 amide bonds. The van der Waals surface area contributed by atoms with Crippen LogP contribution in [-0.2, 0) is 21.3 Å². The summed E-state index contributed by atoms with van der Waals surface area (Å²) in [5, 5.41) is 12.5. The molecule has 9 nitrogen and oxygen atoms in total. The molecule has 3 rings (SSSR count). The van der Waals surface area contributed by atoms with Crippen molar-refractivity contribution in [2.75, 3.05) is 25.3 Å². The number of rotatable bonds is 7. The van der Waals surface area contributed by atoms with Crippen molar-refractivity contribution in [3.63, 3.8) is 0 Å². The predicted molar refractivity (Wildman–Crippen MR) is 128 cm³/mol. The number of thioether (sulfide) groups is 1. The number of carbonyl (C=O) groups excluding carboxylic acids is 3. The van der Waals surface area contributed by atoms with E-state index in [4.69, 9.17) is 32.7 Å². The van der Waals surface area contributed by atoms with Crippen LogP contribution < -0.4 is 5.32 Å². The zero-order valence-electron chi connectivity index (χ0n) is 17.9. The number of nitrogens with zero attached hydrogens (tertiary/aromatic N) is 3. The van der Waals surface area contributed by atoms with Crippen molar-refractivity contribution in [1.29, 1.82) is 0 Å². The maximum atomic E-state index is 12.6. The summed E-state index contributed by atoms with van der Waals surface area (Å²) in [7, 11) is 4.22. The van der Waals surface area contributed by atoms with E-state index in [-0.39, 0.29) is 21.2 Å². The largest absolute Gasteiger partial charge is 0.465 e. The van der Waals surface area contributed by atoms with Crippen LogP contribution in [0.1, 0.15) is 25.6 Å². The van der Waals surface area contributed by atoms with E-state index in [1.807, 2.05) is 0 Å². The summed E-state index contributed by atoms with van der Waals surface area (Å²) < 4.78 is 11.3. The standard InChI is InChI=1S/C20H18Cl2N4O5S2/c1-9-14(18(28)30-3)17(33-15(9)19(29)31-4)23-13(27)8-32-20-25-24-16(26(20)2)10-5-6-11(21)12(22)7-10/h5-7H,8H2,1-4H3,(H,23,27). The molecular formula is C20H18Cl2N4O5S2. The Morgan fingerprint density at radius 3 is 2.45 bits per heavy atom. The highest BCUT2D eigenvalue weighted by molar-refractivity contribution is 7.99. The van der Waals surface area contributed by atoms with Crippen molar-refractivity contribution in [2.45, 2.75) is 12.1 Å². The number of thiophene rings is 1. The van der Waals surface area contributed by atoms with Crippen LogP contribution in [-0.4, -0.2) is 52.6 Å². The van der Waals surface area contributed by atoms with Gasteiger partial charge in [-0.25, -0.2) is 9.59 Å². The van der Waals surface area contributed by atoms with Gasteiger partial charge in [-0.05, 0) is 30.7 Å². The number of aromatic nitrogens is 3. The van der Waals surface area contributed by atoms with Gasteiger partial charge in [0, 0.05) is 12.6 Å². The predicted octanol–water partition coefficient (Wildman–Crippen LogP) is 4.46. The lowest BCUT2D eigenvalue weighted by atomic mass is 10.1. The van der Waals surface area contributed by atoms with E-state index in [0.29, 0.717) is 26.6 Å². The summed E-state index contributed by atoms with van der Waals surface area (Å²) in [6, 6.07) is 5.12. The summed E-state index contributed by atoms with van der Waals surface area (Å²) in [6.45, 7) is 1.59. The number of nitrogens with one attached hydrogen (secondary N) is 1. The average Bonchev–Trinajstić information content (AvgIpc) is 3.32. The molecule has 0 spiro atoms. The van der Waals surface area contributed by atoms with Crippen LogP contribution >= 0.6 is 46.3 Å². The molecule has 0 saturated heterocycles. The third-order valence-corrected chi connectivity index (χ3v) is 7.45. The minimum atomic E-state index is -0.665. The van der Waals surface area contributed by atoms with E-state index in [0.717, 1.165) is 28.7 Å². The van der Waals surface area contributed by atoms with E-state index >= 15 is 0 Å². The summed E-state index contributed by atoms with van der Waals surface area (Å²) in [4.78, 5) is 37.0. The molecule has 0 atom stereocenters. The fraction of sp³-hybridized carbons (Fsp3) is 0.250. The van der Waals surface area contributed by atoms with Gasteiger partial charge in [-0.1, -0.05) is 35.0 Å². The second-order valence-electron chi connectivity index (χ2n) is 6.57. The fourth-order valence-electron chi connectivity index (χ4n) is 2.86. The second-order valence-corrected chi connectivity index (χ2v) is 9.35. The summed E-state index contributed by atoms with van der Waals surface area (Å²) >= 11 is 14.1. The molecule has 0 aliphatic rings. The molecule has 0 bridgehead atoms. The molecule has 2 heterocycles. The topological polar surface area (TPSA) is 112 Å². The van der Waals surface area contributed by atoms with Crippen LogP contribution in [0, 0.1) is 6.92 Å². The van der Waals surface area contributed by atoms with Gasteiger partial charge >= 0.3 is 11.9 Å². The second kappa shape index (κ2) is 10.6. The molecular weight excluding hydrogens is 511 g/mol. The molecule has 0 radical (unpaired) electrons. The van der Waals surface area contributed by atoms with Crippen molar-refractivity contribution in [2.24, 2.45) is 7.05 Å². The number of hydrogen-bond acceptors (Lipinski definition) is 9. The molecule has 33 heavy (non-hydrogen) atoms. The van der Waals surface area contributed by atoms with Crippen LogP contribution in [0.5, 0.6) is 0 Å². The molecule has 174 valence electrons. The molecule has 0 saturated carbocycles. The quantitative estimate of drug-likeness (QED) is 0.353. The lowest BCUT2D eigenvalue weighted by Crippen LogP contribution is -2.16. The number of ether oxygens (including phenoxy) is 2. The van der Waals surface area contributed by atoms with Crippen molar-refractivity contribution in [3.05, 3.63) is 44.2 Å². The number of halogens is 2. The molecule has 2 aromatic heterocycles. The minimum absolute atomic E-state index is 0.0154. The Bertz CT molecular complexity index is 1240. The van der Waals surface area contributed by atoms with Crippen LogP contribution in [0.3, 0.4) is 0 Å². The van der Waals surface area contributed by atoms with E-state index < -0.39 is 17.8 Å². The molecule has 3 aromatic rings. The van der Waals surface area contributed by atoms with E-state index in [2.05, 4.69) is 15.5 Å². The van der Waals surface area contributed by atoms with Crippen LogP contribution in [0.4, 0.5) is 5.00 Å². The normalized spacial score (nSPS) is 10.7. The van der Waals surface area contributed by atoms with E-state index in [1.54, 1.807) is 36.7 Å². The number of carbonyl (C=O) groups is 3. The van der Waals surface area contributed by atoms with Gasteiger partial charge in [0.15, 0.2) is 11.0 Å². The van der Waals surface area contributed by atoms with E-state index in [1.165, 1.54) is 14.2 Å². The smallest absolute Gasteiger partial charge is 0.348 e. The molecule has 0 unspecified atom stereocenters. The zero-order chi connectivity index (χ0) is 24.3. The number of methoxy groups -OCH3 is 2. The van der Waals surface area contributed by atoms with Gasteiger partial charge in [0.05, 0.1) is 35.6 Å². The van der Waals surface area contributed by atoms with Gasteiger partial charge < -0.3 is 19.4 Å². The number of esters is 2. The number of benzene rings is 1. The highest BCUT2D eigenvalue weighted by atomic mass is 35.5. The SMILES string of the molecule is COC(=O)c1sc(NC(=O)CSc2nnc(-c3ccc(Cl)c(Cl)c3)n2C)c(C(=O)OC)c1C. The lowest BCUT2D eigenvalue weighted by Gasteiger charge is -2.07. The van der Waals surface area contributed by atoms with Crippen molar-refractivity contribution < 1.29 is 23.9 Å². The Balaban J connectivity index is 1.75. The minimum Gasteiger partial charge on any atom is -0.465 e. The molecule has 1 aromatic carbocycles. The Kier molecular flexibility index (Phi) is 8.01. The average molecular weight is 529 g/mol. The first kappa shape index (κ1) is 25.0. The molecule has 0 fully saturated rings. The maximum Gasteiger partial charge on any atom is 0.348 e. The fourth-order valence-corrected chi connectivity index (χ4v) is 5.00. The van der Waals surface area contributed by atoms with Gasteiger partial charge in [0.25, 0.3) is 0 Å². The monoisotopic (exact) mass is 528 g/mol. The third-order valence-electron chi connectivity index (χ3n) is 4.51. The Morgan fingerprint density at radius 2 is 1.82 bits per heavy atom. The molecule has 0 aliphatic heterocycles. The molecule has 13 heteroatoms. The lowest BCUT2D eigenvalue weighted by molar-refractivity contribution is -0.113. The van der Waals surface area contributed by atoms with E-state index in [9.17, 15) is 14.4 Å². The highest BCUT2D eigenvalue weighted by Gasteiger charge is 2.27. The Labute approximate surface area is 207 Å². The molecule has 1 N–H and O–H groups in total. The van der Waals surface area contributed by atoms with Gasteiger partial charge in [-0.15, -0.1) is 21.5 Å². The van der Waals surface area contributed by atoms with Gasteiger partial charge in [-0.2, -0.15) is 0 Å². The van der Waals surface area contributed by atoms with Gasteiger partial charge in [0.1, 0.15) is 9.88 Å². The maximum absolute atomic E-state index is 12.6. The third kappa shape index (κ3) is 5.32. The highest BCUT2D eigenvalue weighted by Crippen LogP contribution is 2.34. The van der Waals surface area contributed by atoms with Crippen LogP contribution in [0.15, 0.2) is 23.4 Å². The van der Waals surface area contributed by atoms with Crippen molar-refractivity contribution >= 4 is 69.1 Å². The van der Waals surface area contributed by atoms with Crippen molar-refractivity contribution in [1.82, 2.24) is 14.8 Å². The first-order valence-corrected chi connectivity index (χ1v) is 11.8. The first-order valence-electron chi connectivity index (χ1n) is 9.25. The zero-order valence-corrected chi connectivity index (χ0v) is 21.0. The van der Waals surface area contributed by atoms with Crippen molar-refractivity contribution in [3.8, 4) is 11.4 Å². The first-order chi connectivity index (χ1) is 15.7. The Morgan fingerprint density at radius 1 is 1.12 bits per heavy atom. The van der Waals surface area contributed by atoms with Crippen LogP contribution in [0.25, 0.3) is 11.4 Å². The van der Waals surface area contributed by atoms with Gasteiger partial charge in [-0.3, -0.25) is 4.79 Å². The Hall–Kier alpha value is -2.60. The summed E-state index contributed by atoms with van der Waals surface area (Å²) in [6.07, 6.45) is 0. The number of hydrogen-bond donors (Lipinski definition) is 1. The van der Waals surface area contributed by atoms with Gasteiger partial charge in [0.2, 0.25) is 5.91 Å².